The number of rotatable bonds is 1. The van der Waals surface area contributed by atoms with E-state index in [2.05, 4.69) is 41.8 Å². The van der Waals surface area contributed by atoms with Gasteiger partial charge in [0.15, 0.2) is 16.3 Å². The molecule has 4 nitrogen and oxygen atoms in total. The molecule has 0 fully saturated rings. The van der Waals surface area contributed by atoms with Crippen molar-refractivity contribution < 1.29 is 4.42 Å². The number of hydrogen-bond acceptors (Lipinski definition) is 4. The molecule has 0 saturated heterocycles. The summed E-state index contributed by atoms with van der Waals surface area (Å²) in [4.78, 5) is 8.07. The van der Waals surface area contributed by atoms with Crippen molar-refractivity contribution in [1.29, 1.82) is 0 Å². The van der Waals surface area contributed by atoms with Gasteiger partial charge >= 0.3 is 0 Å². The molecule has 0 aliphatic heterocycles. The van der Waals surface area contributed by atoms with Crippen LogP contribution in [-0.2, 0) is 0 Å². The summed E-state index contributed by atoms with van der Waals surface area (Å²) in [6.45, 7) is 0. The third-order valence-electron chi connectivity index (χ3n) is 1.54. The lowest BCUT2D eigenvalue weighted by atomic mass is 10.4. The van der Waals surface area contributed by atoms with Crippen LogP contribution in [0.15, 0.2) is 31.9 Å². The maximum atomic E-state index is 5.52. The monoisotopic (exact) mass is 317 g/mol. The first-order chi connectivity index (χ1) is 6.66. The van der Waals surface area contributed by atoms with Gasteiger partial charge in [-0.1, -0.05) is 0 Å². The highest BCUT2D eigenvalue weighted by Gasteiger charge is 2.10. The highest BCUT2D eigenvalue weighted by atomic mass is 79.9. The Balaban J connectivity index is 2.49. The lowest BCUT2D eigenvalue weighted by Crippen LogP contribution is -1.93. The Morgan fingerprint density at radius 1 is 1.36 bits per heavy atom. The Bertz CT molecular complexity index is 450. The number of nitrogens with zero attached hydrogens (tertiary/aromatic N) is 2. The molecule has 2 aromatic heterocycles. The largest absolute Gasteiger partial charge is 0.445 e. The number of nitrogens with two attached hydrogens (primary N) is 1. The van der Waals surface area contributed by atoms with E-state index in [1.165, 1.54) is 0 Å². The normalized spacial score (nSPS) is 10.4. The summed E-state index contributed by atoms with van der Waals surface area (Å²) in [5.41, 5.74) is 5.52. The molecule has 2 heterocycles. The molecule has 14 heavy (non-hydrogen) atoms. The smallest absolute Gasteiger partial charge is 0.197 e. The highest BCUT2D eigenvalue weighted by molar-refractivity contribution is 9.13. The summed E-state index contributed by atoms with van der Waals surface area (Å²) in [6, 6.07) is 3.40. The van der Waals surface area contributed by atoms with Crippen molar-refractivity contribution in [1.82, 2.24) is 9.97 Å². The van der Waals surface area contributed by atoms with Crippen LogP contribution in [-0.4, -0.2) is 9.97 Å². The second-order valence-electron chi connectivity index (χ2n) is 2.54. The number of halogens is 2. The molecule has 0 aromatic carbocycles. The van der Waals surface area contributed by atoms with E-state index in [1.54, 1.807) is 18.3 Å². The maximum absolute atomic E-state index is 5.52. The molecule has 6 heteroatoms. The first-order valence-electron chi connectivity index (χ1n) is 3.70. The van der Waals surface area contributed by atoms with Gasteiger partial charge in [0.2, 0.25) is 0 Å². The average Bonchev–Trinajstić information content (AvgIpc) is 2.47. The quantitative estimate of drug-likeness (QED) is 0.878. The van der Waals surface area contributed by atoms with Gasteiger partial charge in [-0.3, -0.25) is 0 Å². The Hall–Kier alpha value is -0.880. The van der Waals surface area contributed by atoms with Crippen molar-refractivity contribution in [3.05, 3.63) is 27.5 Å². The molecule has 0 atom stereocenters. The summed E-state index contributed by atoms with van der Waals surface area (Å²) < 4.78 is 6.77. The fraction of sp³-hybridized carbons (Fsp3) is 0. The fourth-order valence-corrected chi connectivity index (χ4v) is 1.53. The van der Waals surface area contributed by atoms with Crippen LogP contribution < -0.4 is 5.73 Å². The molecule has 2 rings (SSSR count). The van der Waals surface area contributed by atoms with Crippen molar-refractivity contribution in [2.24, 2.45) is 0 Å². The molecule has 0 saturated carbocycles. The molecule has 2 aromatic rings. The Labute approximate surface area is 96.8 Å². The number of aromatic nitrogens is 2. The Morgan fingerprint density at radius 2 is 2.14 bits per heavy atom. The summed E-state index contributed by atoms with van der Waals surface area (Å²) in [6.07, 6.45) is 1.59. The van der Waals surface area contributed by atoms with Crippen molar-refractivity contribution in [3.63, 3.8) is 0 Å². The molecule has 0 aliphatic carbocycles. The number of furan rings is 1. The average molecular weight is 319 g/mol. The minimum atomic E-state index is 0.415. The van der Waals surface area contributed by atoms with Crippen LogP contribution in [0.1, 0.15) is 0 Å². The van der Waals surface area contributed by atoms with Crippen LogP contribution in [0.4, 0.5) is 5.82 Å². The molecule has 0 spiro atoms. The van der Waals surface area contributed by atoms with Gasteiger partial charge in [-0.05, 0) is 37.9 Å². The predicted octanol–water partition coefficient (Wildman–Crippen LogP) is 2.84. The predicted molar refractivity (Wildman–Crippen MR) is 59.5 cm³/mol. The Kier molecular flexibility index (Phi) is 2.56. The summed E-state index contributed by atoms with van der Waals surface area (Å²) in [5.74, 6) is 1.45. The van der Waals surface area contributed by atoms with E-state index in [-0.39, 0.29) is 0 Å². The molecule has 0 bridgehead atoms. The maximum Gasteiger partial charge on any atom is 0.197 e. The van der Waals surface area contributed by atoms with E-state index in [9.17, 15) is 0 Å². The van der Waals surface area contributed by atoms with E-state index in [1.807, 2.05) is 0 Å². The lowest BCUT2D eigenvalue weighted by molar-refractivity contribution is 0.549. The summed E-state index contributed by atoms with van der Waals surface area (Å²) in [7, 11) is 0. The molecule has 0 radical (unpaired) electrons. The van der Waals surface area contributed by atoms with Crippen LogP contribution >= 0.6 is 31.9 Å². The van der Waals surface area contributed by atoms with Gasteiger partial charge in [-0.15, -0.1) is 0 Å². The van der Waals surface area contributed by atoms with Crippen LogP contribution in [0, 0.1) is 0 Å². The van der Waals surface area contributed by atoms with Gasteiger partial charge in [0.1, 0.15) is 5.82 Å². The van der Waals surface area contributed by atoms with E-state index in [0.29, 0.717) is 22.1 Å². The highest BCUT2D eigenvalue weighted by Crippen LogP contribution is 2.31. The zero-order valence-corrected chi connectivity index (χ0v) is 10.0. The van der Waals surface area contributed by atoms with Crippen molar-refractivity contribution >= 4 is 37.7 Å². The molecule has 2 N–H and O–H groups in total. The number of hydrogen-bond donors (Lipinski definition) is 1. The van der Waals surface area contributed by atoms with Gasteiger partial charge in [0.05, 0.1) is 4.47 Å². The zero-order chi connectivity index (χ0) is 10.1. The standard InChI is InChI=1S/C8H5Br2N3O/c9-4-3-5(14-7(4)10)8-12-2-1-6(11)13-8/h1-3H,(H2,11,12,13). The Morgan fingerprint density at radius 3 is 2.71 bits per heavy atom. The molecule has 72 valence electrons. The summed E-state index contributed by atoms with van der Waals surface area (Å²) >= 11 is 6.54. The SMILES string of the molecule is Nc1ccnc(-c2cc(Br)c(Br)o2)n1. The third-order valence-corrected chi connectivity index (χ3v) is 3.25. The summed E-state index contributed by atoms with van der Waals surface area (Å²) in [5, 5.41) is 0. The number of anilines is 1. The van der Waals surface area contributed by atoms with E-state index >= 15 is 0 Å². The third kappa shape index (κ3) is 1.80. The van der Waals surface area contributed by atoms with E-state index in [4.69, 9.17) is 10.2 Å². The van der Waals surface area contributed by atoms with Crippen LogP contribution in [0.2, 0.25) is 0 Å². The molecule has 0 unspecified atom stereocenters. The topological polar surface area (TPSA) is 64.9 Å². The molecule has 0 amide bonds. The van der Waals surface area contributed by atoms with Crippen LogP contribution in [0.5, 0.6) is 0 Å². The first-order valence-corrected chi connectivity index (χ1v) is 5.29. The van der Waals surface area contributed by atoms with Gasteiger partial charge in [-0.2, -0.15) is 0 Å². The van der Waals surface area contributed by atoms with E-state index in [0.717, 1.165) is 4.47 Å². The van der Waals surface area contributed by atoms with Crippen LogP contribution in [0.25, 0.3) is 11.6 Å². The second-order valence-corrected chi connectivity index (χ2v) is 4.11. The van der Waals surface area contributed by atoms with Gasteiger partial charge in [0, 0.05) is 12.3 Å². The minimum absolute atomic E-state index is 0.415. The minimum Gasteiger partial charge on any atom is -0.445 e. The van der Waals surface area contributed by atoms with E-state index < -0.39 is 0 Å². The van der Waals surface area contributed by atoms with Gasteiger partial charge in [0.25, 0.3) is 0 Å². The molecule has 0 aliphatic rings. The van der Waals surface area contributed by atoms with Crippen molar-refractivity contribution in [2.45, 2.75) is 0 Å². The van der Waals surface area contributed by atoms with Crippen molar-refractivity contribution in [2.75, 3.05) is 5.73 Å². The van der Waals surface area contributed by atoms with Gasteiger partial charge in [-0.25, -0.2) is 9.97 Å². The second kappa shape index (κ2) is 3.70. The van der Waals surface area contributed by atoms with Crippen molar-refractivity contribution in [3.8, 4) is 11.6 Å². The van der Waals surface area contributed by atoms with Gasteiger partial charge < -0.3 is 10.2 Å². The fourth-order valence-electron chi connectivity index (χ4n) is 0.948. The molecular formula is C8H5Br2N3O. The molecular weight excluding hydrogens is 314 g/mol. The van der Waals surface area contributed by atoms with Crippen LogP contribution in [0.3, 0.4) is 0 Å². The number of nitrogen functional groups attached to an aromatic ring is 1. The first kappa shape index (κ1) is 9.67. The zero-order valence-electron chi connectivity index (χ0n) is 6.87. The lowest BCUT2D eigenvalue weighted by Gasteiger charge is -1.95.